The summed E-state index contributed by atoms with van der Waals surface area (Å²) >= 11 is 0. The fourth-order valence-corrected chi connectivity index (χ4v) is 0.703. The van der Waals surface area contributed by atoms with Crippen molar-refractivity contribution in [2.45, 2.75) is 20.8 Å². The second-order valence-corrected chi connectivity index (χ2v) is 2.74. The largest absolute Gasteiger partial charge is 0.345 e. The first-order chi connectivity index (χ1) is 8.11. The van der Waals surface area contributed by atoms with Crippen LogP contribution in [0.1, 0.15) is 20.8 Å². The summed E-state index contributed by atoms with van der Waals surface area (Å²) < 4.78 is 0. The van der Waals surface area contributed by atoms with Crippen molar-refractivity contribution < 1.29 is 14.4 Å². The van der Waals surface area contributed by atoms with Crippen molar-refractivity contribution in [3.05, 3.63) is 36.5 Å². The lowest BCUT2D eigenvalue weighted by Crippen LogP contribution is -2.30. The van der Waals surface area contributed by atoms with E-state index in [2.05, 4.69) is 11.9 Å². The molecular formula is C13H19NO3. The number of carbonyl (C=O) groups excluding carboxylic acids is 3. The summed E-state index contributed by atoms with van der Waals surface area (Å²) in [6.07, 6.45) is 6.67. The molecule has 0 atom stereocenters. The predicted octanol–water partition coefficient (Wildman–Crippen LogP) is 1.59. The Labute approximate surface area is 102 Å². The molecule has 1 N–H and O–H groups in total. The van der Waals surface area contributed by atoms with E-state index in [9.17, 15) is 14.4 Å². The number of Topliss-reactive ketones (excluding diaryl/α,β-unsaturated/α-hetero) is 1. The maximum absolute atomic E-state index is 11.3. The van der Waals surface area contributed by atoms with Crippen molar-refractivity contribution in [1.82, 2.24) is 5.32 Å². The Morgan fingerprint density at radius 1 is 1.24 bits per heavy atom. The van der Waals surface area contributed by atoms with Crippen LogP contribution in [0, 0.1) is 0 Å². The van der Waals surface area contributed by atoms with Gasteiger partial charge in [0.15, 0.2) is 6.29 Å². The Morgan fingerprint density at radius 3 is 2.29 bits per heavy atom. The summed E-state index contributed by atoms with van der Waals surface area (Å²) in [5.74, 6) is -1.03. The molecule has 0 aliphatic rings. The molecule has 0 aromatic rings. The van der Waals surface area contributed by atoms with Gasteiger partial charge in [-0.25, -0.2) is 0 Å². The van der Waals surface area contributed by atoms with E-state index in [1.54, 1.807) is 31.2 Å². The smallest absolute Gasteiger partial charge is 0.247 e. The molecule has 0 bridgehead atoms. The molecule has 17 heavy (non-hydrogen) atoms. The molecule has 94 valence electrons. The van der Waals surface area contributed by atoms with Crippen LogP contribution in [0.5, 0.6) is 0 Å². The zero-order valence-electron chi connectivity index (χ0n) is 10.5. The third kappa shape index (κ3) is 10.3. The van der Waals surface area contributed by atoms with Crippen LogP contribution in [0.3, 0.4) is 0 Å². The SMILES string of the molecule is C=C/C=C\C=C(/C)C(=O)NCC(=O)C=O.CC. The number of hydrogen-bond acceptors (Lipinski definition) is 3. The molecule has 4 nitrogen and oxygen atoms in total. The molecule has 0 rings (SSSR count). The zero-order chi connectivity index (χ0) is 13.7. The molecule has 1 amide bonds. The van der Waals surface area contributed by atoms with Gasteiger partial charge in [0.25, 0.3) is 0 Å². The van der Waals surface area contributed by atoms with E-state index in [1.165, 1.54) is 0 Å². The van der Waals surface area contributed by atoms with Gasteiger partial charge in [-0.3, -0.25) is 14.4 Å². The highest BCUT2D eigenvalue weighted by Gasteiger charge is 2.04. The van der Waals surface area contributed by atoms with Crippen molar-refractivity contribution in [3.63, 3.8) is 0 Å². The molecule has 0 aromatic carbocycles. The van der Waals surface area contributed by atoms with Crippen LogP contribution in [-0.2, 0) is 14.4 Å². The number of nitrogens with one attached hydrogen (secondary N) is 1. The minimum Gasteiger partial charge on any atom is -0.345 e. The highest BCUT2D eigenvalue weighted by atomic mass is 16.2. The van der Waals surface area contributed by atoms with E-state index < -0.39 is 5.78 Å². The number of hydrogen-bond donors (Lipinski definition) is 1. The standard InChI is InChI=1S/C11H13NO3.C2H6/c1-3-4-5-6-9(2)11(15)12-7-10(14)8-13;1-2/h3-6,8H,1,7H2,2H3,(H,12,15);1-2H3/b5-4-,9-6+;. The van der Waals surface area contributed by atoms with Gasteiger partial charge in [-0.2, -0.15) is 0 Å². The third-order valence-electron chi connectivity index (χ3n) is 1.51. The lowest BCUT2D eigenvalue weighted by Gasteiger charge is -2.00. The number of rotatable bonds is 6. The first kappa shape index (κ1) is 17.4. The summed E-state index contributed by atoms with van der Waals surface area (Å²) in [6.45, 7) is 8.81. The predicted molar refractivity (Wildman–Crippen MR) is 68.5 cm³/mol. The van der Waals surface area contributed by atoms with Crippen LogP contribution < -0.4 is 5.32 Å². The van der Waals surface area contributed by atoms with E-state index in [-0.39, 0.29) is 18.7 Å². The molecule has 4 heteroatoms. The zero-order valence-corrected chi connectivity index (χ0v) is 10.5. The van der Waals surface area contributed by atoms with Crippen LogP contribution in [0.4, 0.5) is 0 Å². The topological polar surface area (TPSA) is 63.2 Å². The molecular weight excluding hydrogens is 218 g/mol. The quantitative estimate of drug-likeness (QED) is 0.330. The van der Waals surface area contributed by atoms with E-state index in [0.717, 1.165) is 0 Å². The van der Waals surface area contributed by atoms with Crippen LogP contribution in [0.2, 0.25) is 0 Å². The Bertz CT molecular complexity index is 328. The Kier molecular flexibility index (Phi) is 12.4. The van der Waals surface area contributed by atoms with Gasteiger partial charge >= 0.3 is 0 Å². The minimum atomic E-state index is -0.655. The van der Waals surface area contributed by atoms with Crippen molar-refractivity contribution in [2.24, 2.45) is 0 Å². The number of carbonyl (C=O) groups is 3. The summed E-state index contributed by atoms with van der Waals surface area (Å²) in [5, 5.41) is 2.31. The lowest BCUT2D eigenvalue weighted by atomic mass is 10.2. The van der Waals surface area contributed by atoms with E-state index in [1.807, 2.05) is 13.8 Å². The fourth-order valence-electron chi connectivity index (χ4n) is 0.703. The summed E-state index contributed by atoms with van der Waals surface area (Å²) in [6, 6.07) is 0. The maximum Gasteiger partial charge on any atom is 0.247 e. The first-order valence-corrected chi connectivity index (χ1v) is 5.34. The lowest BCUT2D eigenvalue weighted by molar-refractivity contribution is -0.130. The summed E-state index contributed by atoms with van der Waals surface area (Å²) in [4.78, 5) is 31.8. The van der Waals surface area contributed by atoms with Crippen LogP contribution >= 0.6 is 0 Å². The van der Waals surface area contributed by atoms with Gasteiger partial charge in [0, 0.05) is 5.57 Å². The van der Waals surface area contributed by atoms with Crippen molar-refractivity contribution >= 4 is 18.0 Å². The number of aldehydes is 1. The Balaban J connectivity index is 0. The highest BCUT2D eigenvalue weighted by Crippen LogP contribution is 1.92. The second-order valence-electron chi connectivity index (χ2n) is 2.74. The number of ketones is 1. The van der Waals surface area contributed by atoms with Gasteiger partial charge < -0.3 is 5.32 Å². The number of allylic oxidation sites excluding steroid dienone is 4. The monoisotopic (exact) mass is 237 g/mol. The molecule has 0 aromatic heterocycles. The summed E-state index contributed by atoms with van der Waals surface area (Å²) in [7, 11) is 0. The van der Waals surface area contributed by atoms with E-state index in [4.69, 9.17) is 0 Å². The van der Waals surface area contributed by atoms with Gasteiger partial charge in [-0.05, 0) is 6.92 Å². The first-order valence-electron chi connectivity index (χ1n) is 5.34. The molecule has 0 saturated heterocycles. The van der Waals surface area contributed by atoms with Crippen LogP contribution in [0.25, 0.3) is 0 Å². The van der Waals surface area contributed by atoms with Crippen molar-refractivity contribution in [1.29, 1.82) is 0 Å². The fraction of sp³-hybridized carbons (Fsp3) is 0.308. The molecule has 0 radical (unpaired) electrons. The Hall–Kier alpha value is -1.97. The van der Waals surface area contributed by atoms with Crippen LogP contribution in [0.15, 0.2) is 36.5 Å². The molecule has 0 fully saturated rings. The molecule has 0 heterocycles. The molecule has 0 aliphatic carbocycles. The average molecular weight is 237 g/mol. The van der Waals surface area contributed by atoms with Gasteiger partial charge in [0.05, 0.1) is 6.54 Å². The molecule has 0 unspecified atom stereocenters. The van der Waals surface area contributed by atoms with E-state index >= 15 is 0 Å². The molecule has 0 spiro atoms. The third-order valence-corrected chi connectivity index (χ3v) is 1.51. The average Bonchev–Trinajstić information content (AvgIpc) is 2.37. The summed E-state index contributed by atoms with van der Waals surface area (Å²) in [5.41, 5.74) is 0.451. The Morgan fingerprint density at radius 2 is 1.82 bits per heavy atom. The van der Waals surface area contributed by atoms with Crippen molar-refractivity contribution in [2.75, 3.05) is 6.54 Å². The normalized spacial score (nSPS) is 10.2. The second kappa shape index (κ2) is 12.1. The van der Waals surface area contributed by atoms with Gasteiger partial charge in [0.2, 0.25) is 11.7 Å². The van der Waals surface area contributed by atoms with Gasteiger partial charge in [-0.15, -0.1) is 0 Å². The molecule has 0 saturated carbocycles. The van der Waals surface area contributed by atoms with Crippen LogP contribution in [-0.4, -0.2) is 24.5 Å². The molecule has 0 aliphatic heterocycles. The highest BCUT2D eigenvalue weighted by molar-refractivity contribution is 6.26. The maximum atomic E-state index is 11.3. The van der Waals surface area contributed by atoms with Gasteiger partial charge in [-0.1, -0.05) is 44.7 Å². The van der Waals surface area contributed by atoms with Gasteiger partial charge in [0.1, 0.15) is 0 Å². The van der Waals surface area contributed by atoms with E-state index in [0.29, 0.717) is 5.57 Å². The van der Waals surface area contributed by atoms with Crippen molar-refractivity contribution in [3.8, 4) is 0 Å². The minimum absolute atomic E-state index is 0.178. The number of amides is 1.